The molecule has 3 rings (SSSR count). The molecule has 3 heterocycles. The molecule has 0 aliphatic carbocycles. The second-order valence-electron chi connectivity index (χ2n) is 4.47. The second kappa shape index (κ2) is 3.54. The highest BCUT2D eigenvalue weighted by atomic mass is 16.5. The van der Waals surface area contributed by atoms with Crippen molar-refractivity contribution in [2.45, 2.75) is 18.9 Å². The highest BCUT2D eigenvalue weighted by molar-refractivity contribution is 5.13. The Kier molecular flexibility index (Phi) is 2.18. The van der Waals surface area contributed by atoms with Gasteiger partial charge in [-0.1, -0.05) is 0 Å². The zero-order chi connectivity index (χ0) is 10.1. The third kappa shape index (κ3) is 1.44. The molecule has 4 nitrogen and oxygen atoms in total. The van der Waals surface area contributed by atoms with Crippen LogP contribution in [0.15, 0.2) is 18.6 Å². The molecule has 2 atom stereocenters. The van der Waals surface area contributed by atoms with E-state index in [0.717, 1.165) is 25.4 Å². The highest BCUT2D eigenvalue weighted by Crippen LogP contribution is 2.49. The molecule has 0 aromatic carbocycles. The van der Waals surface area contributed by atoms with E-state index in [4.69, 9.17) is 4.74 Å². The van der Waals surface area contributed by atoms with E-state index >= 15 is 0 Å². The third-order valence-electron chi connectivity index (χ3n) is 3.47. The standard InChI is InChI=1S/C11H15N3O/c1-3-11(6-12-4-1)7-15-10(11)9-2-5-13-8-14-9/h2,5,8,10,12H,1,3-4,6-7H2. The summed E-state index contributed by atoms with van der Waals surface area (Å²) >= 11 is 0. The van der Waals surface area contributed by atoms with Gasteiger partial charge in [0.15, 0.2) is 0 Å². The molecule has 1 aromatic heterocycles. The smallest absolute Gasteiger partial charge is 0.115 e. The van der Waals surface area contributed by atoms with Crippen LogP contribution in [-0.2, 0) is 4.74 Å². The average Bonchev–Trinajstić information content (AvgIpc) is 2.30. The van der Waals surface area contributed by atoms with E-state index in [1.54, 1.807) is 12.5 Å². The van der Waals surface area contributed by atoms with Gasteiger partial charge in [0, 0.05) is 18.2 Å². The molecule has 2 unspecified atom stereocenters. The first-order valence-electron chi connectivity index (χ1n) is 5.49. The van der Waals surface area contributed by atoms with Gasteiger partial charge in [-0.2, -0.15) is 0 Å². The molecular formula is C11H15N3O. The summed E-state index contributed by atoms with van der Waals surface area (Å²) in [5.74, 6) is 0. The highest BCUT2D eigenvalue weighted by Gasteiger charge is 2.50. The zero-order valence-electron chi connectivity index (χ0n) is 8.65. The van der Waals surface area contributed by atoms with Crippen molar-refractivity contribution in [1.82, 2.24) is 15.3 Å². The predicted octanol–water partition coefficient (Wildman–Crippen LogP) is 0.918. The summed E-state index contributed by atoms with van der Waals surface area (Å²) in [4.78, 5) is 8.22. The summed E-state index contributed by atoms with van der Waals surface area (Å²) in [7, 11) is 0. The van der Waals surface area contributed by atoms with Gasteiger partial charge in [0.1, 0.15) is 12.4 Å². The minimum absolute atomic E-state index is 0.174. The molecule has 2 saturated heterocycles. The van der Waals surface area contributed by atoms with Crippen molar-refractivity contribution in [3.63, 3.8) is 0 Å². The lowest BCUT2D eigenvalue weighted by atomic mass is 9.71. The molecule has 2 fully saturated rings. The van der Waals surface area contributed by atoms with Crippen molar-refractivity contribution in [3.8, 4) is 0 Å². The summed E-state index contributed by atoms with van der Waals surface area (Å²) in [5, 5.41) is 3.45. The number of ether oxygens (including phenoxy) is 1. The zero-order valence-corrected chi connectivity index (χ0v) is 8.65. The summed E-state index contributed by atoms with van der Waals surface area (Å²) in [6.07, 6.45) is 6.04. The van der Waals surface area contributed by atoms with Gasteiger partial charge < -0.3 is 10.1 Å². The SMILES string of the molecule is c1cc(C2OCC23CCCNC3)ncn1. The quantitative estimate of drug-likeness (QED) is 0.740. The Morgan fingerprint density at radius 2 is 2.53 bits per heavy atom. The van der Waals surface area contributed by atoms with Crippen molar-refractivity contribution in [2.24, 2.45) is 5.41 Å². The first kappa shape index (κ1) is 9.24. The number of hydrogen-bond acceptors (Lipinski definition) is 4. The van der Waals surface area contributed by atoms with Crippen LogP contribution < -0.4 is 5.32 Å². The lowest BCUT2D eigenvalue weighted by Crippen LogP contribution is -2.54. The fourth-order valence-corrected chi connectivity index (χ4v) is 2.60. The Morgan fingerprint density at radius 3 is 3.13 bits per heavy atom. The van der Waals surface area contributed by atoms with Crippen LogP contribution in [0.1, 0.15) is 24.6 Å². The van der Waals surface area contributed by atoms with E-state index in [-0.39, 0.29) is 6.10 Å². The van der Waals surface area contributed by atoms with Crippen LogP contribution in [0.3, 0.4) is 0 Å². The molecule has 0 radical (unpaired) electrons. The van der Waals surface area contributed by atoms with Crippen LogP contribution in [0, 0.1) is 5.41 Å². The average molecular weight is 205 g/mol. The number of nitrogens with zero attached hydrogens (tertiary/aromatic N) is 2. The monoisotopic (exact) mass is 205 g/mol. The normalized spacial score (nSPS) is 35.1. The van der Waals surface area contributed by atoms with Crippen LogP contribution in [0.4, 0.5) is 0 Å². The Labute approximate surface area is 89.1 Å². The summed E-state index contributed by atoms with van der Waals surface area (Å²) in [5.41, 5.74) is 1.33. The molecule has 1 N–H and O–H groups in total. The molecular weight excluding hydrogens is 190 g/mol. The van der Waals surface area contributed by atoms with Crippen molar-refractivity contribution in [3.05, 3.63) is 24.3 Å². The molecule has 0 saturated carbocycles. The maximum Gasteiger partial charge on any atom is 0.115 e. The van der Waals surface area contributed by atoms with Gasteiger partial charge in [0.2, 0.25) is 0 Å². The molecule has 15 heavy (non-hydrogen) atoms. The Morgan fingerprint density at radius 1 is 1.53 bits per heavy atom. The van der Waals surface area contributed by atoms with Gasteiger partial charge in [-0.05, 0) is 25.5 Å². The van der Waals surface area contributed by atoms with Gasteiger partial charge in [0.25, 0.3) is 0 Å². The van der Waals surface area contributed by atoms with Gasteiger partial charge >= 0.3 is 0 Å². The second-order valence-corrected chi connectivity index (χ2v) is 4.47. The minimum atomic E-state index is 0.174. The van der Waals surface area contributed by atoms with Gasteiger partial charge in [0.05, 0.1) is 12.3 Å². The maximum atomic E-state index is 5.68. The van der Waals surface area contributed by atoms with Crippen LogP contribution in [0.25, 0.3) is 0 Å². The van der Waals surface area contributed by atoms with Crippen molar-refractivity contribution < 1.29 is 4.74 Å². The van der Waals surface area contributed by atoms with E-state index in [2.05, 4.69) is 15.3 Å². The van der Waals surface area contributed by atoms with E-state index < -0.39 is 0 Å². The number of hydrogen-bond donors (Lipinski definition) is 1. The van der Waals surface area contributed by atoms with E-state index in [1.807, 2.05) is 6.07 Å². The number of piperidine rings is 1. The van der Waals surface area contributed by atoms with Gasteiger partial charge in [-0.15, -0.1) is 0 Å². The molecule has 1 aromatic rings. The fraction of sp³-hybridized carbons (Fsp3) is 0.636. The van der Waals surface area contributed by atoms with Gasteiger partial charge in [-0.3, -0.25) is 0 Å². The lowest BCUT2D eigenvalue weighted by molar-refractivity contribution is -0.200. The number of aromatic nitrogens is 2. The summed E-state index contributed by atoms with van der Waals surface area (Å²) in [6.45, 7) is 3.06. The maximum absolute atomic E-state index is 5.68. The van der Waals surface area contributed by atoms with Crippen LogP contribution in [0.5, 0.6) is 0 Å². The summed E-state index contributed by atoms with van der Waals surface area (Å²) in [6, 6.07) is 1.96. The first-order valence-corrected chi connectivity index (χ1v) is 5.49. The molecule has 0 amide bonds. The Hall–Kier alpha value is -1.00. The van der Waals surface area contributed by atoms with Gasteiger partial charge in [-0.25, -0.2) is 9.97 Å². The fourth-order valence-electron chi connectivity index (χ4n) is 2.60. The van der Waals surface area contributed by atoms with Crippen LogP contribution in [0.2, 0.25) is 0 Å². The van der Waals surface area contributed by atoms with Crippen LogP contribution in [-0.4, -0.2) is 29.7 Å². The summed E-state index contributed by atoms with van der Waals surface area (Å²) < 4.78 is 5.68. The molecule has 80 valence electrons. The molecule has 2 aliphatic heterocycles. The third-order valence-corrected chi connectivity index (χ3v) is 3.47. The largest absolute Gasteiger partial charge is 0.370 e. The molecule has 2 aliphatic rings. The first-order chi connectivity index (χ1) is 7.41. The van der Waals surface area contributed by atoms with Crippen molar-refractivity contribution in [1.29, 1.82) is 0 Å². The van der Waals surface area contributed by atoms with E-state index in [9.17, 15) is 0 Å². The molecule has 1 spiro atoms. The van der Waals surface area contributed by atoms with Crippen LogP contribution >= 0.6 is 0 Å². The van der Waals surface area contributed by atoms with Crippen molar-refractivity contribution >= 4 is 0 Å². The minimum Gasteiger partial charge on any atom is -0.370 e. The number of rotatable bonds is 1. The van der Waals surface area contributed by atoms with E-state index in [1.165, 1.54) is 12.8 Å². The predicted molar refractivity (Wildman–Crippen MR) is 55.3 cm³/mol. The van der Waals surface area contributed by atoms with E-state index in [0.29, 0.717) is 5.41 Å². The molecule has 4 heteroatoms. The molecule has 0 bridgehead atoms. The Bertz CT molecular complexity index is 335. The lowest BCUT2D eigenvalue weighted by Gasteiger charge is -2.51. The van der Waals surface area contributed by atoms with Crippen molar-refractivity contribution in [2.75, 3.05) is 19.7 Å². The topological polar surface area (TPSA) is 47.0 Å². The Balaban J connectivity index is 1.83. The number of nitrogens with one attached hydrogen (secondary N) is 1.